The Morgan fingerprint density at radius 3 is 2.51 bits per heavy atom. The molecule has 194 valence electrons. The molecule has 7 nitrogen and oxygen atoms in total. The third-order valence-corrected chi connectivity index (χ3v) is 8.98. The van der Waals surface area contributed by atoms with Crippen LogP contribution < -0.4 is 10.3 Å². The molecule has 1 saturated carbocycles. The summed E-state index contributed by atoms with van der Waals surface area (Å²) in [6, 6.07) is 10.8. The van der Waals surface area contributed by atoms with Crippen molar-refractivity contribution in [3.05, 3.63) is 85.4 Å². The van der Waals surface area contributed by atoms with Crippen LogP contribution in [0.25, 0.3) is 0 Å². The maximum absolute atomic E-state index is 13.2. The average molecular weight is 562 g/mol. The number of Topliss-reactive ketones (excluding diaryl/α,β-unsaturated/α-hetero) is 1. The lowest BCUT2D eigenvalue weighted by Crippen LogP contribution is -2.21. The molecule has 1 atom stereocenters. The maximum Gasteiger partial charge on any atom is 0.343 e. The van der Waals surface area contributed by atoms with E-state index in [1.54, 1.807) is 24.3 Å². The smallest absolute Gasteiger partial charge is 0.343 e. The van der Waals surface area contributed by atoms with Gasteiger partial charge in [0.15, 0.2) is 5.78 Å². The molecule has 0 aliphatic heterocycles. The van der Waals surface area contributed by atoms with Gasteiger partial charge in [0.1, 0.15) is 16.4 Å². The van der Waals surface area contributed by atoms with Crippen LogP contribution in [0, 0.1) is 5.92 Å². The SMILES string of the molecule is O=C1CCCCCc2oc(=O)c(C(c3cccc(NS(=O)(=O)c4cc(Cl)ccc4Cl)c3)C3CC3)c(O)c21. The molecule has 0 spiro atoms. The zero-order chi connectivity index (χ0) is 26.3. The van der Waals surface area contributed by atoms with Gasteiger partial charge in [-0.3, -0.25) is 9.52 Å². The molecule has 1 aromatic heterocycles. The van der Waals surface area contributed by atoms with E-state index in [2.05, 4.69) is 4.72 Å². The van der Waals surface area contributed by atoms with E-state index in [-0.39, 0.29) is 61.4 Å². The van der Waals surface area contributed by atoms with E-state index in [0.717, 1.165) is 32.1 Å². The Kier molecular flexibility index (Phi) is 7.09. The number of aryl methyl sites for hydroxylation is 1. The Labute approximate surface area is 224 Å². The molecular weight excluding hydrogens is 537 g/mol. The minimum atomic E-state index is -4.06. The topological polar surface area (TPSA) is 114 Å². The van der Waals surface area contributed by atoms with Crippen molar-refractivity contribution in [3.8, 4) is 5.75 Å². The third kappa shape index (κ3) is 5.28. The second-order valence-electron chi connectivity index (χ2n) is 9.55. The first-order chi connectivity index (χ1) is 17.7. The van der Waals surface area contributed by atoms with E-state index < -0.39 is 21.6 Å². The predicted molar refractivity (Wildman–Crippen MR) is 141 cm³/mol. The first kappa shape index (κ1) is 25.8. The van der Waals surface area contributed by atoms with E-state index in [0.29, 0.717) is 12.0 Å². The average Bonchev–Trinajstić information content (AvgIpc) is 3.66. The van der Waals surface area contributed by atoms with Gasteiger partial charge in [-0.15, -0.1) is 0 Å². The fraction of sp³-hybridized carbons (Fsp3) is 0.333. The summed E-state index contributed by atoms with van der Waals surface area (Å²) < 4.78 is 34.2. The van der Waals surface area contributed by atoms with E-state index in [9.17, 15) is 23.1 Å². The molecular formula is C27H25Cl2NO6S. The van der Waals surface area contributed by atoms with Crippen LogP contribution in [0.4, 0.5) is 5.69 Å². The monoisotopic (exact) mass is 561 g/mol. The van der Waals surface area contributed by atoms with E-state index in [4.69, 9.17) is 27.6 Å². The molecule has 1 fully saturated rings. The third-order valence-electron chi connectivity index (χ3n) is 6.88. The number of hydrogen-bond acceptors (Lipinski definition) is 6. The number of ketones is 1. The minimum Gasteiger partial charge on any atom is -0.506 e. The Morgan fingerprint density at radius 2 is 1.76 bits per heavy atom. The number of rotatable bonds is 6. The van der Waals surface area contributed by atoms with Gasteiger partial charge in [0, 0.05) is 29.5 Å². The molecule has 2 N–H and O–H groups in total. The van der Waals surface area contributed by atoms with Crippen molar-refractivity contribution in [2.24, 2.45) is 5.92 Å². The zero-order valence-electron chi connectivity index (χ0n) is 19.8. The number of aromatic hydroxyl groups is 1. The summed E-state index contributed by atoms with van der Waals surface area (Å²) in [5.74, 6) is -0.812. The van der Waals surface area contributed by atoms with Crippen LogP contribution in [0.2, 0.25) is 10.0 Å². The number of hydrogen-bond donors (Lipinski definition) is 2. The van der Waals surface area contributed by atoms with Crippen molar-refractivity contribution in [2.45, 2.75) is 55.8 Å². The largest absolute Gasteiger partial charge is 0.506 e. The number of fused-ring (bicyclic) bond motifs is 1. The number of anilines is 1. The van der Waals surface area contributed by atoms with Crippen molar-refractivity contribution >= 4 is 44.7 Å². The number of carbonyl (C=O) groups is 1. The van der Waals surface area contributed by atoms with Gasteiger partial charge in [-0.05, 0) is 67.5 Å². The highest BCUT2D eigenvalue weighted by Crippen LogP contribution is 2.49. The number of benzene rings is 2. The van der Waals surface area contributed by atoms with Crippen molar-refractivity contribution in [1.82, 2.24) is 0 Å². The first-order valence-corrected chi connectivity index (χ1v) is 14.4. The highest BCUT2D eigenvalue weighted by atomic mass is 35.5. The lowest BCUT2D eigenvalue weighted by molar-refractivity contribution is 0.0968. The van der Waals surface area contributed by atoms with E-state index >= 15 is 0 Å². The van der Waals surface area contributed by atoms with E-state index in [1.165, 1.54) is 18.2 Å². The number of halogens is 2. The summed E-state index contributed by atoms with van der Waals surface area (Å²) in [4.78, 5) is 25.9. The van der Waals surface area contributed by atoms with Gasteiger partial charge in [0.05, 0.1) is 16.1 Å². The maximum atomic E-state index is 13.2. The standard InChI is InChI=1S/C27H25Cl2NO6S/c28-17-11-12-19(29)22(14-17)37(34,35)30-18-6-4-5-16(13-18)23(15-9-10-15)25-26(32)24-20(31)7-2-1-3-8-21(24)36-27(25)33/h4-6,11-15,23,30,32H,1-3,7-10H2. The molecule has 2 aliphatic carbocycles. The van der Waals surface area contributed by atoms with Gasteiger partial charge in [-0.25, -0.2) is 13.2 Å². The summed E-state index contributed by atoms with van der Waals surface area (Å²) in [5.41, 5.74) is 0.366. The second kappa shape index (κ2) is 10.2. The Bertz CT molecular complexity index is 1540. The van der Waals surface area contributed by atoms with Crippen LogP contribution >= 0.6 is 23.2 Å². The predicted octanol–water partition coefficient (Wildman–Crippen LogP) is 6.29. The van der Waals surface area contributed by atoms with Crippen LogP contribution in [-0.2, 0) is 16.4 Å². The van der Waals surface area contributed by atoms with Gasteiger partial charge < -0.3 is 9.52 Å². The molecule has 37 heavy (non-hydrogen) atoms. The fourth-order valence-electron chi connectivity index (χ4n) is 4.99. The van der Waals surface area contributed by atoms with Crippen LogP contribution in [0.1, 0.15) is 71.7 Å². The molecule has 0 saturated heterocycles. The van der Waals surface area contributed by atoms with Gasteiger partial charge >= 0.3 is 5.63 Å². The molecule has 0 bridgehead atoms. The van der Waals surface area contributed by atoms with Crippen molar-refractivity contribution in [1.29, 1.82) is 0 Å². The summed E-state index contributed by atoms with van der Waals surface area (Å²) in [6.45, 7) is 0. The Hall–Kier alpha value is -2.81. The molecule has 2 aromatic carbocycles. The number of carbonyl (C=O) groups excluding carboxylic acids is 1. The van der Waals surface area contributed by atoms with Crippen LogP contribution in [-0.4, -0.2) is 19.3 Å². The molecule has 1 unspecified atom stereocenters. The molecule has 5 rings (SSSR count). The normalized spacial score (nSPS) is 17.0. The Balaban J connectivity index is 1.56. The number of sulfonamides is 1. The van der Waals surface area contributed by atoms with E-state index in [1.807, 2.05) is 0 Å². The van der Waals surface area contributed by atoms with Crippen LogP contribution in [0.15, 0.2) is 56.6 Å². The lowest BCUT2D eigenvalue weighted by Gasteiger charge is -2.21. The molecule has 0 amide bonds. The summed E-state index contributed by atoms with van der Waals surface area (Å²) in [7, 11) is -4.06. The summed E-state index contributed by atoms with van der Waals surface area (Å²) >= 11 is 12.1. The molecule has 2 aliphatic rings. The van der Waals surface area contributed by atoms with Crippen LogP contribution in [0.5, 0.6) is 5.75 Å². The highest BCUT2D eigenvalue weighted by molar-refractivity contribution is 7.92. The quantitative estimate of drug-likeness (QED) is 0.365. The molecule has 3 aromatic rings. The fourth-order valence-corrected chi connectivity index (χ4v) is 6.80. The van der Waals surface area contributed by atoms with Crippen molar-refractivity contribution in [3.63, 3.8) is 0 Å². The second-order valence-corrected chi connectivity index (χ2v) is 12.0. The Morgan fingerprint density at radius 1 is 1.00 bits per heavy atom. The van der Waals surface area contributed by atoms with Gasteiger partial charge in [-0.2, -0.15) is 0 Å². The molecule has 10 heteroatoms. The first-order valence-electron chi connectivity index (χ1n) is 12.2. The highest BCUT2D eigenvalue weighted by Gasteiger charge is 2.39. The van der Waals surface area contributed by atoms with Crippen molar-refractivity contribution < 1.29 is 22.7 Å². The molecule has 1 heterocycles. The lowest BCUT2D eigenvalue weighted by atomic mass is 9.85. The van der Waals surface area contributed by atoms with Crippen LogP contribution in [0.3, 0.4) is 0 Å². The summed E-state index contributed by atoms with van der Waals surface area (Å²) in [5, 5.41) is 11.5. The summed E-state index contributed by atoms with van der Waals surface area (Å²) in [6.07, 6.45) is 4.69. The zero-order valence-corrected chi connectivity index (χ0v) is 22.1. The van der Waals surface area contributed by atoms with Gasteiger partial charge in [0.25, 0.3) is 10.0 Å². The van der Waals surface area contributed by atoms with Gasteiger partial charge in [-0.1, -0.05) is 41.8 Å². The van der Waals surface area contributed by atoms with Crippen molar-refractivity contribution in [2.75, 3.05) is 4.72 Å². The molecule has 0 radical (unpaired) electrons. The minimum absolute atomic E-state index is 0.0249. The van der Waals surface area contributed by atoms with Gasteiger partial charge in [0.2, 0.25) is 0 Å². The number of nitrogens with one attached hydrogen (secondary N) is 1.